The van der Waals surface area contributed by atoms with E-state index in [1.807, 2.05) is 41.8 Å². The van der Waals surface area contributed by atoms with Crippen molar-refractivity contribution < 1.29 is 5.11 Å². The van der Waals surface area contributed by atoms with E-state index in [2.05, 4.69) is 17.2 Å². The van der Waals surface area contributed by atoms with Crippen molar-refractivity contribution in [3.05, 3.63) is 51.5 Å². The molecule has 1 atom stereocenters. The highest BCUT2D eigenvalue weighted by atomic mass is 32.1. The molecule has 1 heterocycles. The van der Waals surface area contributed by atoms with Crippen molar-refractivity contribution in [3.8, 4) is 0 Å². The molecule has 22 heavy (non-hydrogen) atoms. The minimum Gasteiger partial charge on any atom is -0.387 e. The van der Waals surface area contributed by atoms with Gasteiger partial charge in [0.1, 0.15) is 0 Å². The Kier molecular flexibility index (Phi) is 5.24. The summed E-state index contributed by atoms with van der Waals surface area (Å²) >= 11 is 1.82. The van der Waals surface area contributed by atoms with E-state index < -0.39 is 6.10 Å². The lowest BCUT2D eigenvalue weighted by Gasteiger charge is -2.12. The van der Waals surface area contributed by atoms with Crippen molar-refractivity contribution in [2.45, 2.75) is 51.2 Å². The van der Waals surface area contributed by atoms with Gasteiger partial charge in [-0.1, -0.05) is 42.7 Å². The summed E-state index contributed by atoms with van der Waals surface area (Å²) in [4.78, 5) is 5.84. The number of aromatic nitrogens is 1. The van der Waals surface area contributed by atoms with Gasteiger partial charge in [-0.3, -0.25) is 0 Å². The van der Waals surface area contributed by atoms with Crippen LogP contribution in [-0.2, 0) is 6.54 Å². The number of nitrogens with zero attached hydrogens (tertiary/aromatic N) is 1. The zero-order chi connectivity index (χ0) is 15.4. The van der Waals surface area contributed by atoms with E-state index in [0.717, 1.165) is 12.1 Å². The Morgan fingerprint density at radius 3 is 2.73 bits per heavy atom. The Morgan fingerprint density at radius 1 is 1.27 bits per heavy atom. The van der Waals surface area contributed by atoms with Crippen molar-refractivity contribution in [1.29, 1.82) is 0 Å². The molecule has 0 amide bonds. The summed E-state index contributed by atoms with van der Waals surface area (Å²) in [6.07, 6.45) is 6.83. The van der Waals surface area contributed by atoms with Gasteiger partial charge in [0.25, 0.3) is 0 Å². The summed E-state index contributed by atoms with van der Waals surface area (Å²) in [6.45, 7) is 3.41. The lowest BCUT2D eigenvalue weighted by Crippen LogP contribution is -2.20. The van der Waals surface area contributed by atoms with Crippen LogP contribution in [0.2, 0.25) is 0 Å². The molecule has 1 unspecified atom stereocenters. The predicted octanol–water partition coefficient (Wildman–Crippen LogP) is 3.93. The van der Waals surface area contributed by atoms with Gasteiger partial charge in [0.05, 0.1) is 11.1 Å². The molecular weight excluding hydrogens is 292 g/mol. The SMILES string of the molecule is Cc1ccc(C(O)CNCc2cnc(C3CCCC3)s2)cc1. The second kappa shape index (κ2) is 7.36. The highest BCUT2D eigenvalue weighted by Gasteiger charge is 2.20. The molecule has 0 aliphatic heterocycles. The van der Waals surface area contributed by atoms with Crippen LogP contribution < -0.4 is 5.32 Å². The summed E-state index contributed by atoms with van der Waals surface area (Å²) in [6, 6.07) is 8.06. The van der Waals surface area contributed by atoms with Crippen molar-refractivity contribution in [1.82, 2.24) is 10.3 Å². The third-order valence-corrected chi connectivity index (χ3v) is 5.53. The molecule has 4 heteroatoms. The van der Waals surface area contributed by atoms with Gasteiger partial charge in [-0.2, -0.15) is 0 Å². The normalized spacial score (nSPS) is 17.0. The Labute approximate surface area is 136 Å². The molecule has 1 aliphatic rings. The fourth-order valence-corrected chi connectivity index (χ4v) is 4.06. The average molecular weight is 316 g/mol. The number of aliphatic hydroxyl groups is 1. The topological polar surface area (TPSA) is 45.1 Å². The minimum absolute atomic E-state index is 0.456. The molecule has 1 saturated carbocycles. The number of rotatable bonds is 6. The van der Waals surface area contributed by atoms with Gasteiger partial charge >= 0.3 is 0 Å². The summed E-state index contributed by atoms with van der Waals surface area (Å²) in [5.74, 6) is 0.692. The molecule has 0 radical (unpaired) electrons. The summed E-state index contributed by atoms with van der Waals surface area (Å²) < 4.78 is 0. The molecule has 0 bridgehead atoms. The first-order valence-electron chi connectivity index (χ1n) is 8.12. The van der Waals surface area contributed by atoms with Crippen LogP contribution in [0.4, 0.5) is 0 Å². The zero-order valence-corrected chi connectivity index (χ0v) is 13.9. The largest absolute Gasteiger partial charge is 0.387 e. The van der Waals surface area contributed by atoms with Crippen molar-refractivity contribution >= 4 is 11.3 Å². The molecule has 2 N–H and O–H groups in total. The lowest BCUT2D eigenvalue weighted by atomic mass is 10.1. The van der Waals surface area contributed by atoms with Gasteiger partial charge < -0.3 is 10.4 Å². The van der Waals surface area contributed by atoms with Crippen molar-refractivity contribution in [2.75, 3.05) is 6.54 Å². The van der Waals surface area contributed by atoms with Gasteiger partial charge in [0.15, 0.2) is 0 Å². The third kappa shape index (κ3) is 3.94. The molecular formula is C18H24N2OS. The number of hydrogen-bond acceptors (Lipinski definition) is 4. The third-order valence-electron chi connectivity index (χ3n) is 4.37. The fraction of sp³-hybridized carbons (Fsp3) is 0.500. The fourth-order valence-electron chi connectivity index (χ4n) is 3.00. The van der Waals surface area contributed by atoms with Crippen LogP contribution >= 0.6 is 11.3 Å². The Bertz CT molecular complexity index is 587. The van der Waals surface area contributed by atoms with Crippen LogP contribution in [0.15, 0.2) is 30.5 Å². The average Bonchev–Trinajstić information content (AvgIpc) is 3.19. The maximum absolute atomic E-state index is 10.2. The van der Waals surface area contributed by atoms with Gasteiger partial charge in [-0.05, 0) is 25.3 Å². The van der Waals surface area contributed by atoms with E-state index in [4.69, 9.17) is 0 Å². The minimum atomic E-state index is -0.456. The first-order chi connectivity index (χ1) is 10.7. The van der Waals surface area contributed by atoms with Crippen LogP contribution in [0.5, 0.6) is 0 Å². The Morgan fingerprint density at radius 2 is 2.00 bits per heavy atom. The van der Waals surface area contributed by atoms with Crippen molar-refractivity contribution in [2.24, 2.45) is 0 Å². The van der Waals surface area contributed by atoms with Crippen LogP contribution in [0.1, 0.15) is 58.7 Å². The van der Waals surface area contributed by atoms with Crippen LogP contribution in [0.25, 0.3) is 0 Å². The van der Waals surface area contributed by atoms with Crippen LogP contribution in [0.3, 0.4) is 0 Å². The molecule has 0 saturated heterocycles. The smallest absolute Gasteiger partial charge is 0.0959 e. The van der Waals surface area contributed by atoms with E-state index in [-0.39, 0.29) is 0 Å². The maximum Gasteiger partial charge on any atom is 0.0959 e. The first-order valence-corrected chi connectivity index (χ1v) is 8.94. The highest BCUT2D eigenvalue weighted by Crippen LogP contribution is 2.35. The number of thiazole rings is 1. The number of aryl methyl sites for hydroxylation is 1. The monoisotopic (exact) mass is 316 g/mol. The van der Waals surface area contributed by atoms with E-state index in [1.54, 1.807) is 0 Å². The van der Waals surface area contributed by atoms with Crippen molar-refractivity contribution in [3.63, 3.8) is 0 Å². The predicted molar refractivity (Wildman–Crippen MR) is 91.2 cm³/mol. The number of nitrogens with one attached hydrogen (secondary N) is 1. The number of aliphatic hydroxyl groups excluding tert-OH is 1. The van der Waals surface area contributed by atoms with Gasteiger partial charge in [0, 0.05) is 30.1 Å². The molecule has 1 aliphatic carbocycles. The van der Waals surface area contributed by atoms with E-state index in [1.165, 1.54) is 41.1 Å². The lowest BCUT2D eigenvalue weighted by molar-refractivity contribution is 0.174. The maximum atomic E-state index is 10.2. The van der Waals surface area contributed by atoms with E-state index in [9.17, 15) is 5.11 Å². The molecule has 3 rings (SSSR count). The first kappa shape index (κ1) is 15.7. The molecule has 3 nitrogen and oxygen atoms in total. The molecule has 1 aromatic heterocycles. The number of hydrogen-bond donors (Lipinski definition) is 2. The molecule has 1 aromatic carbocycles. The molecule has 118 valence electrons. The quantitative estimate of drug-likeness (QED) is 0.848. The number of benzene rings is 1. The van der Waals surface area contributed by atoms with Gasteiger partial charge in [0.2, 0.25) is 0 Å². The Hall–Kier alpha value is -1.23. The summed E-state index contributed by atoms with van der Waals surface area (Å²) in [7, 11) is 0. The standard InChI is InChI=1S/C18H24N2OS/c1-13-6-8-14(9-7-13)17(21)12-19-10-16-11-20-18(22-16)15-4-2-3-5-15/h6-9,11,15,17,19,21H,2-5,10,12H2,1H3. The van der Waals surface area contributed by atoms with Gasteiger partial charge in [-0.15, -0.1) is 11.3 Å². The second-order valence-corrected chi connectivity index (χ2v) is 7.35. The van der Waals surface area contributed by atoms with Crippen LogP contribution in [-0.4, -0.2) is 16.6 Å². The molecule has 2 aromatic rings. The second-order valence-electron chi connectivity index (χ2n) is 6.20. The zero-order valence-electron chi connectivity index (χ0n) is 13.1. The summed E-state index contributed by atoms with van der Waals surface area (Å²) in [5.41, 5.74) is 2.18. The summed E-state index contributed by atoms with van der Waals surface area (Å²) in [5, 5.41) is 14.8. The van der Waals surface area contributed by atoms with E-state index in [0.29, 0.717) is 12.5 Å². The highest BCUT2D eigenvalue weighted by molar-refractivity contribution is 7.11. The van der Waals surface area contributed by atoms with Gasteiger partial charge in [-0.25, -0.2) is 4.98 Å². The van der Waals surface area contributed by atoms with Crippen LogP contribution in [0, 0.1) is 6.92 Å². The Balaban J connectivity index is 1.47. The molecule has 1 fully saturated rings. The molecule has 0 spiro atoms. The van der Waals surface area contributed by atoms with E-state index >= 15 is 0 Å².